The predicted octanol–water partition coefficient (Wildman–Crippen LogP) is 2.56. The average molecular weight is 263 g/mol. The number of ether oxygens (including phenoxy) is 2. The minimum absolute atomic E-state index is 0.0350. The molecule has 2 rings (SSSR count). The Morgan fingerprint density at radius 1 is 1.32 bits per heavy atom. The fourth-order valence-corrected chi connectivity index (χ4v) is 3.06. The van der Waals surface area contributed by atoms with Crippen molar-refractivity contribution < 1.29 is 9.47 Å². The van der Waals surface area contributed by atoms with E-state index in [0.717, 1.165) is 25.4 Å². The molecule has 1 aliphatic rings. The Morgan fingerprint density at radius 3 is 2.37 bits per heavy atom. The van der Waals surface area contributed by atoms with Gasteiger partial charge in [-0.25, -0.2) is 0 Å². The molecule has 19 heavy (non-hydrogen) atoms. The second-order valence-electron chi connectivity index (χ2n) is 5.63. The first-order chi connectivity index (χ1) is 9.08. The molecule has 0 bridgehead atoms. The van der Waals surface area contributed by atoms with Crippen LogP contribution >= 0.6 is 0 Å². The fourth-order valence-electron chi connectivity index (χ4n) is 3.06. The molecule has 1 fully saturated rings. The monoisotopic (exact) mass is 263 g/mol. The first kappa shape index (κ1) is 14.4. The summed E-state index contributed by atoms with van der Waals surface area (Å²) < 4.78 is 11.1. The van der Waals surface area contributed by atoms with Crippen LogP contribution in [-0.2, 0) is 10.2 Å². The molecule has 0 spiro atoms. The van der Waals surface area contributed by atoms with E-state index in [2.05, 4.69) is 32.9 Å². The Labute approximate surface area is 116 Å². The first-order valence-corrected chi connectivity index (χ1v) is 7.02. The van der Waals surface area contributed by atoms with Gasteiger partial charge < -0.3 is 15.2 Å². The Morgan fingerprint density at radius 2 is 1.95 bits per heavy atom. The van der Waals surface area contributed by atoms with Crippen LogP contribution in [0.5, 0.6) is 5.75 Å². The normalized spacial score (nSPS) is 18.8. The summed E-state index contributed by atoms with van der Waals surface area (Å²) in [6.45, 7) is 8.66. The Hall–Kier alpha value is -1.06. The van der Waals surface area contributed by atoms with Gasteiger partial charge in [-0.2, -0.15) is 0 Å². The van der Waals surface area contributed by atoms with Gasteiger partial charge in [0.2, 0.25) is 0 Å². The lowest BCUT2D eigenvalue weighted by Gasteiger charge is -2.48. The van der Waals surface area contributed by atoms with Crippen molar-refractivity contribution in [3.05, 3.63) is 28.8 Å². The zero-order chi connectivity index (χ0) is 14.0. The maximum Gasteiger partial charge on any atom is 0.123 e. The number of hydrogen-bond acceptors (Lipinski definition) is 3. The van der Waals surface area contributed by atoms with E-state index < -0.39 is 0 Å². The summed E-state index contributed by atoms with van der Waals surface area (Å²) in [5.74, 6) is 1.41. The third-order valence-electron chi connectivity index (χ3n) is 4.63. The lowest BCUT2D eigenvalue weighted by Crippen LogP contribution is -2.54. The van der Waals surface area contributed by atoms with Crippen LogP contribution in [0.2, 0.25) is 0 Å². The molecule has 0 aromatic heterocycles. The first-order valence-electron chi connectivity index (χ1n) is 7.02. The molecule has 0 amide bonds. The van der Waals surface area contributed by atoms with Crippen molar-refractivity contribution in [3.8, 4) is 5.75 Å². The van der Waals surface area contributed by atoms with Crippen molar-refractivity contribution in [1.29, 1.82) is 0 Å². The summed E-state index contributed by atoms with van der Waals surface area (Å²) >= 11 is 0. The standard InChI is InChI=1S/C16H25NO2/c1-5-13(8-17)16(9-19-10-16)14-6-11(2)12(3)7-15(14)18-4/h6-7,13H,5,8-10,17H2,1-4H3. The second kappa shape index (κ2) is 5.51. The Kier molecular flexibility index (Phi) is 4.16. The molecule has 0 aliphatic carbocycles. The lowest BCUT2D eigenvalue weighted by molar-refractivity contribution is -0.0906. The molecule has 1 heterocycles. The summed E-state index contributed by atoms with van der Waals surface area (Å²) in [4.78, 5) is 0. The molecule has 3 nitrogen and oxygen atoms in total. The van der Waals surface area contributed by atoms with Gasteiger partial charge in [-0.15, -0.1) is 0 Å². The topological polar surface area (TPSA) is 44.5 Å². The van der Waals surface area contributed by atoms with Crippen molar-refractivity contribution in [2.75, 3.05) is 26.9 Å². The molecule has 1 unspecified atom stereocenters. The summed E-state index contributed by atoms with van der Waals surface area (Å²) in [5.41, 5.74) is 9.84. The molecular weight excluding hydrogens is 238 g/mol. The highest BCUT2D eigenvalue weighted by molar-refractivity contribution is 5.47. The summed E-state index contributed by atoms with van der Waals surface area (Å²) in [5, 5.41) is 0. The van der Waals surface area contributed by atoms with Gasteiger partial charge in [0.15, 0.2) is 0 Å². The molecule has 0 saturated carbocycles. The zero-order valence-corrected chi connectivity index (χ0v) is 12.5. The second-order valence-corrected chi connectivity index (χ2v) is 5.63. The van der Waals surface area contributed by atoms with Crippen molar-refractivity contribution in [3.63, 3.8) is 0 Å². The molecule has 2 N–H and O–H groups in total. The van der Waals surface area contributed by atoms with Crippen LogP contribution in [0.4, 0.5) is 0 Å². The van der Waals surface area contributed by atoms with E-state index in [1.165, 1.54) is 16.7 Å². The van der Waals surface area contributed by atoms with E-state index in [0.29, 0.717) is 12.5 Å². The average Bonchev–Trinajstić information content (AvgIpc) is 2.36. The number of aryl methyl sites for hydroxylation is 2. The largest absolute Gasteiger partial charge is 0.496 e. The number of methoxy groups -OCH3 is 1. The Balaban J connectivity index is 2.51. The molecule has 1 aliphatic heterocycles. The van der Waals surface area contributed by atoms with Crippen LogP contribution < -0.4 is 10.5 Å². The van der Waals surface area contributed by atoms with Gasteiger partial charge in [0.1, 0.15) is 5.75 Å². The maximum atomic E-state index is 5.98. The highest BCUT2D eigenvalue weighted by Gasteiger charge is 2.47. The van der Waals surface area contributed by atoms with E-state index in [9.17, 15) is 0 Å². The summed E-state index contributed by atoms with van der Waals surface area (Å²) in [6.07, 6.45) is 1.07. The van der Waals surface area contributed by atoms with Gasteiger partial charge in [-0.3, -0.25) is 0 Å². The van der Waals surface area contributed by atoms with Crippen LogP contribution in [0.25, 0.3) is 0 Å². The third-order valence-corrected chi connectivity index (χ3v) is 4.63. The van der Waals surface area contributed by atoms with Crippen molar-refractivity contribution >= 4 is 0 Å². The summed E-state index contributed by atoms with van der Waals surface area (Å²) in [7, 11) is 1.74. The highest BCUT2D eigenvalue weighted by atomic mass is 16.5. The van der Waals surface area contributed by atoms with Gasteiger partial charge >= 0.3 is 0 Å². The SMILES string of the molecule is CCC(CN)C1(c2cc(C)c(C)cc2OC)COC1. The van der Waals surface area contributed by atoms with Crippen molar-refractivity contribution in [2.45, 2.75) is 32.6 Å². The molecule has 0 radical (unpaired) electrons. The highest BCUT2D eigenvalue weighted by Crippen LogP contribution is 2.45. The van der Waals surface area contributed by atoms with Crippen LogP contribution in [0.1, 0.15) is 30.0 Å². The number of hydrogen-bond donors (Lipinski definition) is 1. The molecular formula is C16H25NO2. The molecule has 1 saturated heterocycles. The Bertz CT molecular complexity index is 448. The lowest BCUT2D eigenvalue weighted by atomic mass is 9.67. The van der Waals surface area contributed by atoms with Crippen molar-refractivity contribution in [1.82, 2.24) is 0 Å². The zero-order valence-electron chi connectivity index (χ0n) is 12.5. The minimum atomic E-state index is 0.0350. The quantitative estimate of drug-likeness (QED) is 0.888. The van der Waals surface area contributed by atoms with E-state index in [-0.39, 0.29) is 5.41 Å². The van der Waals surface area contributed by atoms with E-state index >= 15 is 0 Å². The number of rotatable bonds is 5. The van der Waals surface area contributed by atoms with Crippen LogP contribution in [-0.4, -0.2) is 26.9 Å². The molecule has 1 atom stereocenters. The summed E-state index contributed by atoms with van der Waals surface area (Å²) in [6, 6.07) is 4.39. The van der Waals surface area contributed by atoms with Gasteiger partial charge in [-0.1, -0.05) is 19.4 Å². The van der Waals surface area contributed by atoms with Gasteiger partial charge in [0.05, 0.1) is 20.3 Å². The van der Waals surface area contributed by atoms with Crippen molar-refractivity contribution in [2.24, 2.45) is 11.7 Å². The van der Waals surface area contributed by atoms with Crippen LogP contribution in [0, 0.1) is 19.8 Å². The predicted molar refractivity (Wildman–Crippen MR) is 77.8 cm³/mol. The van der Waals surface area contributed by atoms with Crippen LogP contribution in [0.15, 0.2) is 12.1 Å². The molecule has 3 heteroatoms. The minimum Gasteiger partial charge on any atom is -0.496 e. The molecule has 1 aromatic rings. The van der Waals surface area contributed by atoms with E-state index in [1.54, 1.807) is 7.11 Å². The number of nitrogens with two attached hydrogens (primary N) is 1. The van der Waals surface area contributed by atoms with E-state index in [1.807, 2.05) is 0 Å². The molecule has 106 valence electrons. The maximum absolute atomic E-state index is 5.98. The van der Waals surface area contributed by atoms with Gasteiger partial charge in [-0.05, 0) is 43.5 Å². The van der Waals surface area contributed by atoms with E-state index in [4.69, 9.17) is 15.2 Å². The molecule has 1 aromatic carbocycles. The fraction of sp³-hybridized carbons (Fsp3) is 0.625. The smallest absolute Gasteiger partial charge is 0.123 e. The van der Waals surface area contributed by atoms with Gasteiger partial charge in [0, 0.05) is 11.0 Å². The van der Waals surface area contributed by atoms with Gasteiger partial charge in [0.25, 0.3) is 0 Å². The van der Waals surface area contributed by atoms with Crippen LogP contribution in [0.3, 0.4) is 0 Å². The number of benzene rings is 1. The third kappa shape index (κ3) is 2.26.